The zero-order valence-electron chi connectivity index (χ0n) is 19.0. The Kier molecular flexibility index (Phi) is 8.52. The van der Waals surface area contributed by atoms with Gasteiger partial charge in [-0.1, -0.05) is 38.3 Å². The highest BCUT2D eigenvalue weighted by atomic mass is 16.3. The number of likely N-dealkylation sites (tertiary alicyclic amines) is 1. The number of aliphatic hydroxyl groups is 1. The first-order valence-electron chi connectivity index (χ1n) is 12.1. The van der Waals surface area contributed by atoms with Gasteiger partial charge in [0.1, 0.15) is 6.04 Å². The predicted molar refractivity (Wildman–Crippen MR) is 119 cm³/mol. The van der Waals surface area contributed by atoms with Gasteiger partial charge < -0.3 is 20.6 Å². The second kappa shape index (κ2) is 11.1. The molecule has 0 unspecified atom stereocenters. The minimum atomic E-state index is -0.560. The number of nitrogens with one attached hydrogen (secondary N) is 2. The van der Waals surface area contributed by atoms with Gasteiger partial charge in [-0.3, -0.25) is 14.4 Å². The Bertz CT molecular complexity index is 674. The Morgan fingerprint density at radius 1 is 1.10 bits per heavy atom. The van der Waals surface area contributed by atoms with Crippen molar-refractivity contribution in [3.63, 3.8) is 0 Å². The van der Waals surface area contributed by atoms with E-state index in [0.29, 0.717) is 13.0 Å². The molecule has 1 aliphatic heterocycles. The number of hydrogen-bond acceptors (Lipinski definition) is 4. The molecular formula is C24H39N3O4. The Morgan fingerprint density at radius 2 is 1.84 bits per heavy atom. The normalized spacial score (nSPS) is 30.9. The fraction of sp³-hybridized carbons (Fsp3) is 0.792. The van der Waals surface area contributed by atoms with Gasteiger partial charge in [-0.25, -0.2) is 0 Å². The first-order chi connectivity index (χ1) is 15.0. The molecule has 0 bridgehead atoms. The maximum atomic E-state index is 13.6. The molecule has 5 atom stereocenters. The number of unbranched alkanes of at least 4 members (excludes halogenated alkanes) is 2. The van der Waals surface area contributed by atoms with Crippen molar-refractivity contribution in [2.24, 2.45) is 23.7 Å². The fourth-order valence-corrected chi connectivity index (χ4v) is 5.76. The third kappa shape index (κ3) is 5.13. The standard InChI is InChI=1S/C24H39N3O4/c1-3-16-12-13-18-20(19(16)22(29)25-2)24(31)27(14-8-5-9-15-28)21(18)23(30)26-17-10-6-4-7-11-17/h12-13,16-21,28H,3-11,14-15H2,1-2H3,(H,25,29)(H,26,30)/t16-,18+,19-,20-,21+/m1/s1. The molecule has 1 saturated carbocycles. The lowest BCUT2D eigenvalue weighted by atomic mass is 9.68. The highest BCUT2D eigenvalue weighted by Crippen LogP contribution is 2.45. The lowest BCUT2D eigenvalue weighted by Gasteiger charge is -2.34. The highest BCUT2D eigenvalue weighted by molar-refractivity contribution is 5.96. The van der Waals surface area contributed by atoms with E-state index in [9.17, 15) is 14.4 Å². The van der Waals surface area contributed by atoms with Crippen LogP contribution >= 0.6 is 0 Å². The molecule has 1 heterocycles. The number of hydrogen-bond donors (Lipinski definition) is 3. The van der Waals surface area contributed by atoms with Crippen LogP contribution in [-0.2, 0) is 14.4 Å². The van der Waals surface area contributed by atoms with E-state index in [-0.39, 0.29) is 42.2 Å². The lowest BCUT2D eigenvalue weighted by Crippen LogP contribution is -2.50. The number of aliphatic hydroxyl groups excluding tert-OH is 1. The van der Waals surface area contributed by atoms with Crippen molar-refractivity contribution in [1.82, 2.24) is 15.5 Å². The van der Waals surface area contributed by atoms with Crippen LogP contribution in [-0.4, -0.2) is 60.0 Å². The predicted octanol–water partition coefficient (Wildman–Crippen LogP) is 2.00. The molecule has 3 rings (SSSR count). The lowest BCUT2D eigenvalue weighted by molar-refractivity contribution is -0.141. The number of nitrogens with zero attached hydrogens (tertiary/aromatic N) is 1. The summed E-state index contributed by atoms with van der Waals surface area (Å²) in [5.74, 6) is -1.48. The van der Waals surface area contributed by atoms with Crippen molar-refractivity contribution in [1.29, 1.82) is 0 Å². The van der Waals surface area contributed by atoms with Crippen molar-refractivity contribution < 1.29 is 19.5 Å². The smallest absolute Gasteiger partial charge is 0.243 e. The van der Waals surface area contributed by atoms with Crippen LogP contribution in [0.4, 0.5) is 0 Å². The molecule has 3 N–H and O–H groups in total. The molecule has 7 nitrogen and oxygen atoms in total. The van der Waals surface area contributed by atoms with Gasteiger partial charge in [-0.15, -0.1) is 0 Å². The third-order valence-corrected chi connectivity index (χ3v) is 7.41. The van der Waals surface area contributed by atoms with Crippen molar-refractivity contribution in [2.45, 2.75) is 76.8 Å². The number of carbonyl (C=O) groups is 3. The summed E-state index contributed by atoms with van der Waals surface area (Å²) in [6.45, 7) is 2.65. The molecule has 1 saturated heterocycles. The van der Waals surface area contributed by atoms with Gasteiger partial charge in [0.2, 0.25) is 17.7 Å². The van der Waals surface area contributed by atoms with Gasteiger partial charge in [0, 0.05) is 32.2 Å². The molecule has 7 heteroatoms. The molecule has 0 radical (unpaired) electrons. The van der Waals surface area contributed by atoms with E-state index in [4.69, 9.17) is 5.11 Å². The number of amides is 3. The van der Waals surface area contributed by atoms with Crippen molar-refractivity contribution in [3.8, 4) is 0 Å². The summed E-state index contributed by atoms with van der Waals surface area (Å²) in [5, 5.41) is 15.0. The zero-order chi connectivity index (χ0) is 22.4. The number of carbonyl (C=O) groups excluding carboxylic acids is 3. The maximum Gasteiger partial charge on any atom is 0.243 e. The van der Waals surface area contributed by atoms with Crippen molar-refractivity contribution in [3.05, 3.63) is 12.2 Å². The minimum absolute atomic E-state index is 0.00143. The second-order valence-corrected chi connectivity index (χ2v) is 9.30. The molecule has 3 aliphatic rings. The summed E-state index contributed by atoms with van der Waals surface area (Å²) >= 11 is 0. The summed E-state index contributed by atoms with van der Waals surface area (Å²) in [4.78, 5) is 41.5. The van der Waals surface area contributed by atoms with Crippen LogP contribution in [0.1, 0.15) is 64.7 Å². The summed E-state index contributed by atoms with van der Waals surface area (Å²) < 4.78 is 0. The van der Waals surface area contributed by atoms with E-state index in [1.807, 2.05) is 19.1 Å². The van der Waals surface area contributed by atoms with Crippen LogP contribution in [0.2, 0.25) is 0 Å². The van der Waals surface area contributed by atoms with E-state index in [0.717, 1.165) is 44.9 Å². The Morgan fingerprint density at radius 3 is 2.48 bits per heavy atom. The molecule has 31 heavy (non-hydrogen) atoms. The van der Waals surface area contributed by atoms with E-state index in [2.05, 4.69) is 10.6 Å². The molecule has 0 aromatic rings. The van der Waals surface area contributed by atoms with Gasteiger partial charge in [0.05, 0.1) is 11.8 Å². The zero-order valence-corrected chi connectivity index (χ0v) is 19.0. The SMILES string of the molecule is CC[C@@H]1C=C[C@H]2[C@@H](C(=O)N(CCCCCO)[C@@H]2C(=O)NC2CCCCC2)[C@@H]1C(=O)NC. The number of rotatable bonds is 9. The van der Waals surface area contributed by atoms with Crippen LogP contribution < -0.4 is 10.6 Å². The van der Waals surface area contributed by atoms with Gasteiger partial charge in [-0.2, -0.15) is 0 Å². The monoisotopic (exact) mass is 433 g/mol. The Labute approximate surface area is 186 Å². The van der Waals surface area contributed by atoms with Crippen LogP contribution in [0.25, 0.3) is 0 Å². The van der Waals surface area contributed by atoms with E-state index < -0.39 is 17.9 Å². The maximum absolute atomic E-state index is 13.6. The molecular weight excluding hydrogens is 394 g/mol. The quantitative estimate of drug-likeness (QED) is 0.383. The van der Waals surface area contributed by atoms with Crippen LogP contribution in [0, 0.1) is 23.7 Å². The number of allylic oxidation sites excluding steroid dienone is 1. The summed E-state index contributed by atoms with van der Waals surface area (Å²) in [6, 6.07) is -0.382. The molecule has 2 aliphatic carbocycles. The fourth-order valence-electron chi connectivity index (χ4n) is 5.76. The van der Waals surface area contributed by atoms with Gasteiger partial charge in [-0.05, 0) is 44.4 Å². The first kappa shape index (κ1) is 23.8. The minimum Gasteiger partial charge on any atom is -0.396 e. The summed E-state index contributed by atoms with van der Waals surface area (Å²) in [7, 11) is 1.61. The highest BCUT2D eigenvalue weighted by Gasteiger charge is 2.56. The van der Waals surface area contributed by atoms with E-state index >= 15 is 0 Å². The second-order valence-electron chi connectivity index (χ2n) is 9.30. The van der Waals surface area contributed by atoms with Crippen LogP contribution in [0.15, 0.2) is 12.2 Å². The Hall–Kier alpha value is -1.89. The molecule has 3 amide bonds. The van der Waals surface area contributed by atoms with Crippen molar-refractivity contribution in [2.75, 3.05) is 20.2 Å². The molecule has 2 fully saturated rings. The Balaban J connectivity index is 1.85. The average molecular weight is 434 g/mol. The van der Waals surface area contributed by atoms with Gasteiger partial charge >= 0.3 is 0 Å². The van der Waals surface area contributed by atoms with Crippen LogP contribution in [0.3, 0.4) is 0 Å². The number of fused-ring (bicyclic) bond motifs is 1. The largest absolute Gasteiger partial charge is 0.396 e. The average Bonchev–Trinajstić information content (AvgIpc) is 3.07. The molecule has 0 aromatic heterocycles. The summed E-state index contributed by atoms with van der Waals surface area (Å²) in [6.07, 6.45) is 12.5. The van der Waals surface area contributed by atoms with Gasteiger partial charge in [0.25, 0.3) is 0 Å². The van der Waals surface area contributed by atoms with Crippen molar-refractivity contribution >= 4 is 17.7 Å². The van der Waals surface area contributed by atoms with Gasteiger partial charge in [0.15, 0.2) is 0 Å². The summed E-state index contributed by atoms with van der Waals surface area (Å²) in [5.41, 5.74) is 0. The first-order valence-corrected chi connectivity index (χ1v) is 12.1. The molecule has 0 spiro atoms. The van der Waals surface area contributed by atoms with E-state index in [1.165, 1.54) is 6.42 Å². The van der Waals surface area contributed by atoms with Crippen LogP contribution in [0.5, 0.6) is 0 Å². The van der Waals surface area contributed by atoms with E-state index in [1.54, 1.807) is 11.9 Å². The molecule has 0 aromatic carbocycles. The molecule has 174 valence electrons. The third-order valence-electron chi connectivity index (χ3n) is 7.41. The topological polar surface area (TPSA) is 98.7 Å².